The lowest BCUT2D eigenvalue weighted by Gasteiger charge is -2.12. The number of benzene rings is 1. The predicted octanol–water partition coefficient (Wildman–Crippen LogP) is 0.729. The van der Waals surface area contributed by atoms with Crippen LogP contribution >= 0.6 is 0 Å². The van der Waals surface area contributed by atoms with Crippen molar-refractivity contribution < 1.29 is 18.0 Å². The first-order valence-electron chi connectivity index (χ1n) is 5.45. The summed E-state index contributed by atoms with van der Waals surface area (Å²) in [5.74, 6) is -1.18. The fraction of sp³-hybridized carbons (Fsp3) is 0.0909. The maximum atomic E-state index is 12.8. The summed E-state index contributed by atoms with van der Waals surface area (Å²) in [6.45, 7) is 0. The van der Waals surface area contributed by atoms with Crippen LogP contribution in [-0.2, 0) is 6.18 Å². The van der Waals surface area contributed by atoms with Gasteiger partial charge in [0.2, 0.25) is 5.69 Å². The molecule has 10 heteroatoms. The van der Waals surface area contributed by atoms with Gasteiger partial charge in [-0.15, -0.1) is 0 Å². The number of carbonyl (C=O) groups excluding carboxylic acids is 1. The molecular weight excluding hydrogens is 293 g/mol. The molecule has 2 rings (SSSR count). The van der Waals surface area contributed by atoms with E-state index in [1.807, 2.05) is 10.4 Å². The number of halogens is 3. The first-order chi connectivity index (χ1) is 9.79. The summed E-state index contributed by atoms with van der Waals surface area (Å²) in [5.41, 5.74) is -4.40. The van der Waals surface area contributed by atoms with E-state index in [2.05, 4.69) is 5.10 Å². The fourth-order valence-corrected chi connectivity index (χ4v) is 1.52. The average molecular weight is 300 g/mol. The van der Waals surface area contributed by atoms with Gasteiger partial charge >= 0.3 is 11.9 Å². The van der Waals surface area contributed by atoms with Crippen LogP contribution in [0.5, 0.6) is 0 Å². The third-order valence-electron chi connectivity index (χ3n) is 2.41. The molecular formula is C11H7F3N4O3. The van der Waals surface area contributed by atoms with Crippen molar-refractivity contribution in [2.24, 2.45) is 0 Å². The summed E-state index contributed by atoms with van der Waals surface area (Å²) in [6.07, 6.45) is -4.67. The van der Waals surface area contributed by atoms with E-state index in [1.165, 1.54) is 6.07 Å². The molecule has 3 N–H and O–H groups in total. The zero-order chi connectivity index (χ0) is 15.6. The Hall–Kier alpha value is -2.91. The molecule has 21 heavy (non-hydrogen) atoms. The van der Waals surface area contributed by atoms with E-state index in [-0.39, 0.29) is 0 Å². The van der Waals surface area contributed by atoms with Crippen LogP contribution in [0.25, 0.3) is 0 Å². The van der Waals surface area contributed by atoms with Gasteiger partial charge in [0, 0.05) is 0 Å². The van der Waals surface area contributed by atoms with Crippen molar-refractivity contribution in [3.05, 3.63) is 56.4 Å². The highest BCUT2D eigenvalue weighted by molar-refractivity contribution is 6.02. The molecule has 0 aliphatic rings. The van der Waals surface area contributed by atoms with Crippen molar-refractivity contribution >= 4 is 11.6 Å². The predicted molar refractivity (Wildman–Crippen MR) is 64.9 cm³/mol. The van der Waals surface area contributed by atoms with Crippen LogP contribution in [0.3, 0.4) is 0 Å². The fourth-order valence-electron chi connectivity index (χ4n) is 1.52. The number of alkyl halides is 3. The SMILES string of the molecule is O=C(Nc1ccccc1C(F)(F)F)c1n[nH]c(=O)[nH]c1=O. The van der Waals surface area contributed by atoms with E-state index in [9.17, 15) is 27.6 Å². The largest absolute Gasteiger partial charge is 0.418 e. The van der Waals surface area contributed by atoms with E-state index >= 15 is 0 Å². The maximum absolute atomic E-state index is 12.8. The Morgan fingerprint density at radius 1 is 1.19 bits per heavy atom. The monoisotopic (exact) mass is 300 g/mol. The molecule has 1 amide bonds. The molecule has 0 saturated heterocycles. The molecule has 7 nitrogen and oxygen atoms in total. The van der Waals surface area contributed by atoms with Gasteiger partial charge in [0.1, 0.15) is 0 Å². The van der Waals surface area contributed by atoms with Crippen molar-refractivity contribution in [1.29, 1.82) is 0 Å². The molecule has 0 aliphatic heterocycles. The number of hydrogen-bond donors (Lipinski definition) is 3. The van der Waals surface area contributed by atoms with E-state index in [4.69, 9.17) is 0 Å². The minimum atomic E-state index is -4.67. The molecule has 0 atom stereocenters. The molecule has 0 aliphatic carbocycles. The Labute approximate surface area is 113 Å². The number of carbonyl (C=O) groups is 1. The molecule has 0 spiro atoms. The number of amides is 1. The number of nitrogens with zero attached hydrogens (tertiary/aromatic N) is 1. The van der Waals surface area contributed by atoms with Crippen molar-refractivity contribution in [1.82, 2.24) is 15.2 Å². The van der Waals surface area contributed by atoms with Gasteiger partial charge < -0.3 is 5.32 Å². The van der Waals surface area contributed by atoms with Gasteiger partial charge in [-0.2, -0.15) is 18.3 Å². The van der Waals surface area contributed by atoms with Gasteiger partial charge in [0.05, 0.1) is 11.3 Å². The van der Waals surface area contributed by atoms with E-state index in [0.29, 0.717) is 0 Å². The number of aromatic nitrogens is 3. The number of anilines is 1. The minimum absolute atomic E-state index is 0.526. The zero-order valence-electron chi connectivity index (χ0n) is 10.1. The zero-order valence-corrected chi connectivity index (χ0v) is 10.1. The summed E-state index contributed by atoms with van der Waals surface area (Å²) in [6, 6.07) is 4.25. The van der Waals surface area contributed by atoms with Gasteiger partial charge in [0.15, 0.2) is 0 Å². The number of para-hydroxylation sites is 1. The van der Waals surface area contributed by atoms with Crippen molar-refractivity contribution in [3.8, 4) is 0 Å². The minimum Gasteiger partial charge on any atom is -0.320 e. The summed E-state index contributed by atoms with van der Waals surface area (Å²) in [7, 11) is 0. The Bertz CT molecular complexity index is 794. The lowest BCUT2D eigenvalue weighted by Crippen LogP contribution is -2.32. The molecule has 1 aromatic heterocycles. The summed E-state index contributed by atoms with van der Waals surface area (Å²) < 4.78 is 38.3. The number of H-pyrrole nitrogens is 2. The van der Waals surface area contributed by atoms with Crippen LogP contribution in [-0.4, -0.2) is 21.1 Å². The highest BCUT2D eigenvalue weighted by Crippen LogP contribution is 2.34. The van der Waals surface area contributed by atoms with Crippen LogP contribution in [0.1, 0.15) is 16.1 Å². The Morgan fingerprint density at radius 3 is 2.48 bits per heavy atom. The Morgan fingerprint density at radius 2 is 1.86 bits per heavy atom. The van der Waals surface area contributed by atoms with Gasteiger partial charge in [-0.25, -0.2) is 9.89 Å². The maximum Gasteiger partial charge on any atom is 0.418 e. The van der Waals surface area contributed by atoms with E-state index < -0.39 is 40.3 Å². The first kappa shape index (κ1) is 14.5. The second-order valence-corrected chi connectivity index (χ2v) is 3.85. The highest BCUT2D eigenvalue weighted by Gasteiger charge is 2.33. The first-order valence-corrected chi connectivity index (χ1v) is 5.45. The van der Waals surface area contributed by atoms with Crippen molar-refractivity contribution in [3.63, 3.8) is 0 Å². The highest BCUT2D eigenvalue weighted by atomic mass is 19.4. The van der Waals surface area contributed by atoms with Crippen molar-refractivity contribution in [2.45, 2.75) is 6.18 Å². The lowest BCUT2D eigenvalue weighted by molar-refractivity contribution is -0.136. The van der Waals surface area contributed by atoms with Crippen molar-refractivity contribution in [2.75, 3.05) is 5.32 Å². The number of nitrogens with one attached hydrogen (secondary N) is 3. The summed E-state index contributed by atoms with van der Waals surface area (Å²) in [4.78, 5) is 35.6. The molecule has 0 bridgehead atoms. The number of rotatable bonds is 2. The van der Waals surface area contributed by atoms with E-state index in [0.717, 1.165) is 18.2 Å². The average Bonchev–Trinajstić information content (AvgIpc) is 2.37. The number of aromatic amines is 2. The molecule has 0 radical (unpaired) electrons. The topological polar surface area (TPSA) is 108 Å². The standard InChI is InChI=1S/C11H7F3N4O3/c12-11(13,14)5-3-1-2-4-6(5)15-8(19)7-9(20)16-10(21)18-17-7/h1-4H,(H,15,19)(H2,16,18,20,21). The normalized spacial score (nSPS) is 11.2. The van der Waals surface area contributed by atoms with Gasteiger partial charge in [-0.1, -0.05) is 12.1 Å². The van der Waals surface area contributed by atoms with Crippen LogP contribution in [0.2, 0.25) is 0 Å². The molecule has 110 valence electrons. The van der Waals surface area contributed by atoms with Gasteiger partial charge in [0.25, 0.3) is 11.5 Å². The quantitative estimate of drug-likeness (QED) is 0.759. The number of hydrogen-bond acceptors (Lipinski definition) is 4. The third kappa shape index (κ3) is 3.16. The molecule has 0 unspecified atom stereocenters. The van der Waals surface area contributed by atoms with Gasteiger partial charge in [-0.3, -0.25) is 14.6 Å². The second kappa shape index (κ2) is 5.23. The Balaban J connectivity index is 2.37. The molecule has 0 fully saturated rings. The summed E-state index contributed by atoms with van der Waals surface area (Å²) >= 11 is 0. The van der Waals surface area contributed by atoms with Gasteiger partial charge in [-0.05, 0) is 12.1 Å². The van der Waals surface area contributed by atoms with Crippen LogP contribution < -0.4 is 16.6 Å². The van der Waals surface area contributed by atoms with Crippen LogP contribution in [0, 0.1) is 0 Å². The molecule has 2 aromatic rings. The molecule has 1 heterocycles. The van der Waals surface area contributed by atoms with Crippen LogP contribution in [0.4, 0.5) is 18.9 Å². The smallest absolute Gasteiger partial charge is 0.320 e. The Kier molecular flexibility index (Phi) is 3.61. The van der Waals surface area contributed by atoms with Crippen LogP contribution in [0.15, 0.2) is 33.9 Å². The molecule has 0 saturated carbocycles. The summed E-state index contributed by atoms with van der Waals surface area (Å²) in [5, 5.41) is 6.93. The van der Waals surface area contributed by atoms with E-state index in [1.54, 1.807) is 4.98 Å². The second-order valence-electron chi connectivity index (χ2n) is 3.85. The lowest BCUT2D eigenvalue weighted by atomic mass is 10.1. The molecule has 1 aromatic carbocycles. The third-order valence-corrected chi connectivity index (χ3v) is 2.41.